The van der Waals surface area contributed by atoms with Crippen molar-refractivity contribution < 1.29 is 27.8 Å². The van der Waals surface area contributed by atoms with Gasteiger partial charge in [-0.25, -0.2) is 9.18 Å². The van der Waals surface area contributed by atoms with E-state index in [-0.39, 0.29) is 18.3 Å². The van der Waals surface area contributed by atoms with E-state index in [1.807, 2.05) is 24.3 Å². The zero-order chi connectivity index (χ0) is 20.5. The van der Waals surface area contributed by atoms with Crippen LogP contribution in [0.1, 0.15) is 33.3 Å². The molecular weight excluding hydrogens is 367 g/mol. The number of carbonyl (C=O) groups is 1. The molecule has 1 aromatic rings. The van der Waals surface area contributed by atoms with E-state index >= 15 is 0 Å². The van der Waals surface area contributed by atoms with Gasteiger partial charge in [0, 0.05) is 0 Å². The van der Waals surface area contributed by atoms with E-state index in [1.165, 1.54) is 6.92 Å². The highest BCUT2D eigenvalue weighted by Crippen LogP contribution is 2.38. The summed E-state index contributed by atoms with van der Waals surface area (Å²) in [5.74, 6) is -0.167. The molecule has 0 radical (unpaired) electrons. The fraction of sp³-hybridized carbons (Fsp3) is 0.650. The number of carbonyl (C=O) groups excluding carboxylic acids is 1. The van der Waals surface area contributed by atoms with Gasteiger partial charge in [0.2, 0.25) is 5.67 Å². The zero-order valence-corrected chi connectivity index (χ0v) is 18.3. The largest absolute Gasteiger partial charge is 0.497 e. The topological polar surface area (TPSA) is 54.0 Å². The van der Waals surface area contributed by atoms with Crippen molar-refractivity contribution in [2.24, 2.45) is 0 Å². The Bertz CT molecular complexity index is 651. The molecular formula is C20H31FO5Si. The van der Waals surface area contributed by atoms with Crippen molar-refractivity contribution in [2.45, 2.75) is 70.3 Å². The Morgan fingerprint density at radius 1 is 1.22 bits per heavy atom. The van der Waals surface area contributed by atoms with Crippen LogP contribution in [0.3, 0.4) is 0 Å². The third-order valence-corrected chi connectivity index (χ3v) is 10.0. The predicted molar refractivity (Wildman–Crippen MR) is 104 cm³/mol. The van der Waals surface area contributed by atoms with E-state index in [0.717, 1.165) is 11.3 Å². The first-order valence-electron chi connectivity index (χ1n) is 9.17. The third-order valence-electron chi connectivity index (χ3n) is 5.53. The summed E-state index contributed by atoms with van der Waals surface area (Å²) in [6, 6.07) is 7.30. The molecule has 7 heteroatoms. The molecule has 0 bridgehead atoms. The average Bonchev–Trinajstić information content (AvgIpc) is 2.80. The van der Waals surface area contributed by atoms with Crippen molar-refractivity contribution in [3.63, 3.8) is 0 Å². The average molecular weight is 399 g/mol. The molecule has 1 heterocycles. The predicted octanol–water partition coefficient (Wildman–Crippen LogP) is 4.26. The summed E-state index contributed by atoms with van der Waals surface area (Å²) in [4.78, 5) is 12.0. The summed E-state index contributed by atoms with van der Waals surface area (Å²) >= 11 is 0. The van der Waals surface area contributed by atoms with E-state index in [4.69, 9.17) is 18.6 Å². The summed E-state index contributed by atoms with van der Waals surface area (Å²) in [5.41, 5.74) is -1.34. The van der Waals surface area contributed by atoms with Gasteiger partial charge in [0.05, 0.1) is 20.3 Å². The van der Waals surface area contributed by atoms with Gasteiger partial charge in [0.1, 0.15) is 11.9 Å². The van der Waals surface area contributed by atoms with E-state index in [9.17, 15) is 9.18 Å². The molecule has 0 N–H and O–H groups in total. The molecule has 0 aromatic heterocycles. The lowest BCUT2D eigenvalue weighted by Gasteiger charge is -2.37. The summed E-state index contributed by atoms with van der Waals surface area (Å²) in [7, 11) is -0.459. The quantitative estimate of drug-likeness (QED) is 0.507. The molecule has 1 aromatic carbocycles. The maximum atomic E-state index is 14.9. The van der Waals surface area contributed by atoms with Crippen LogP contribution in [0.25, 0.3) is 0 Å². The van der Waals surface area contributed by atoms with Crippen LogP contribution in [0.15, 0.2) is 24.3 Å². The fourth-order valence-corrected chi connectivity index (χ4v) is 3.59. The Hall–Kier alpha value is -1.44. The molecule has 0 saturated carbocycles. The van der Waals surface area contributed by atoms with E-state index in [0.29, 0.717) is 0 Å². The number of methoxy groups -OCH3 is 1. The van der Waals surface area contributed by atoms with Crippen molar-refractivity contribution in [3.8, 4) is 5.75 Å². The first-order chi connectivity index (χ1) is 12.4. The first-order valence-corrected chi connectivity index (χ1v) is 12.1. The van der Waals surface area contributed by atoms with E-state index < -0.39 is 32.2 Å². The highest BCUT2D eigenvalue weighted by Gasteiger charge is 2.57. The molecule has 3 atom stereocenters. The minimum absolute atomic E-state index is 0.00802. The molecule has 0 spiro atoms. The SMILES string of the molecule is COc1ccc(CO[C@@H]2[C@@H](CO[Si](C)(C)C(C)(C)C)OC(=O)[C@]2(C)F)cc1. The number of hydrogen-bond acceptors (Lipinski definition) is 5. The van der Waals surface area contributed by atoms with Gasteiger partial charge in [-0.15, -0.1) is 0 Å². The molecule has 1 fully saturated rings. The normalized spacial score (nSPS) is 26.1. The van der Waals surface area contributed by atoms with Crippen LogP contribution >= 0.6 is 0 Å². The van der Waals surface area contributed by atoms with Crippen LogP contribution in [-0.2, 0) is 25.3 Å². The zero-order valence-electron chi connectivity index (χ0n) is 17.3. The van der Waals surface area contributed by atoms with E-state index in [1.54, 1.807) is 7.11 Å². The Balaban J connectivity index is 2.06. The number of benzene rings is 1. The van der Waals surface area contributed by atoms with Crippen molar-refractivity contribution in [3.05, 3.63) is 29.8 Å². The Morgan fingerprint density at radius 3 is 2.33 bits per heavy atom. The number of rotatable bonds is 7. The Labute approximate surface area is 162 Å². The second-order valence-electron chi connectivity index (χ2n) is 8.67. The number of hydrogen-bond donors (Lipinski definition) is 0. The van der Waals surface area contributed by atoms with Gasteiger partial charge in [0.25, 0.3) is 0 Å². The van der Waals surface area contributed by atoms with Gasteiger partial charge in [0.15, 0.2) is 14.4 Å². The molecule has 2 rings (SSSR count). The third kappa shape index (κ3) is 4.89. The number of halogens is 1. The maximum Gasteiger partial charge on any atom is 0.346 e. The number of cyclic esters (lactones) is 1. The Morgan fingerprint density at radius 2 is 1.81 bits per heavy atom. The van der Waals surface area contributed by atoms with Gasteiger partial charge in [-0.05, 0) is 42.8 Å². The lowest BCUT2D eigenvalue weighted by Crippen LogP contribution is -2.46. The molecule has 5 nitrogen and oxygen atoms in total. The monoisotopic (exact) mass is 398 g/mol. The van der Waals surface area contributed by atoms with Crippen LogP contribution in [0, 0.1) is 0 Å². The summed E-state index contributed by atoms with van der Waals surface area (Å²) < 4.78 is 37.2. The van der Waals surface area contributed by atoms with Crippen LogP contribution in [-0.4, -0.2) is 45.9 Å². The molecule has 1 aliphatic heterocycles. The molecule has 1 saturated heterocycles. The van der Waals surface area contributed by atoms with E-state index in [2.05, 4.69) is 33.9 Å². The minimum atomic E-state index is -2.20. The highest BCUT2D eigenvalue weighted by atomic mass is 28.4. The van der Waals surface area contributed by atoms with Crippen molar-refractivity contribution in [2.75, 3.05) is 13.7 Å². The Kier molecular flexibility index (Phi) is 6.39. The van der Waals surface area contributed by atoms with Crippen LogP contribution in [0.5, 0.6) is 5.75 Å². The van der Waals surface area contributed by atoms with Crippen LogP contribution in [0.4, 0.5) is 4.39 Å². The summed E-state index contributed by atoms with van der Waals surface area (Å²) in [5, 5.41) is 0.00802. The smallest absolute Gasteiger partial charge is 0.346 e. The van der Waals surface area contributed by atoms with Crippen LogP contribution < -0.4 is 4.74 Å². The number of esters is 1. The number of alkyl halides is 1. The molecule has 1 aliphatic rings. The lowest BCUT2D eigenvalue weighted by molar-refractivity contribution is -0.150. The molecule has 0 aliphatic carbocycles. The second kappa shape index (κ2) is 7.89. The molecule has 152 valence electrons. The van der Waals surface area contributed by atoms with Crippen molar-refractivity contribution in [1.29, 1.82) is 0 Å². The highest BCUT2D eigenvalue weighted by molar-refractivity contribution is 6.74. The lowest BCUT2D eigenvalue weighted by atomic mass is 10.0. The minimum Gasteiger partial charge on any atom is -0.497 e. The number of ether oxygens (including phenoxy) is 3. The molecule has 0 unspecified atom stereocenters. The fourth-order valence-electron chi connectivity index (χ4n) is 2.58. The summed E-state index contributed by atoms with van der Waals surface area (Å²) in [6.07, 6.45) is -1.78. The first kappa shape index (κ1) is 21.9. The second-order valence-corrected chi connectivity index (χ2v) is 13.5. The van der Waals surface area contributed by atoms with Gasteiger partial charge < -0.3 is 18.6 Å². The van der Waals surface area contributed by atoms with Crippen molar-refractivity contribution >= 4 is 14.3 Å². The van der Waals surface area contributed by atoms with Gasteiger partial charge in [-0.2, -0.15) is 0 Å². The summed E-state index contributed by atoms with van der Waals surface area (Å²) in [6.45, 7) is 12.1. The van der Waals surface area contributed by atoms with Gasteiger partial charge in [-0.1, -0.05) is 32.9 Å². The molecule has 0 amide bonds. The van der Waals surface area contributed by atoms with Crippen molar-refractivity contribution in [1.82, 2.24) is 0 Å². The standard InChI is InChI=1S/C20H31FO5Si/c1-19(2,3)27(6,7)25-13-16-17(20(4,21)18(22)26-16)24-12-14-8-10-15(23-5)11-9-14/h8-11,16-17H,12-13H2,1-7H3/t16-,17-,20-/m1/s1. The van der Waals surface area contributed by atoms with Gasteiger partial charge in [-0.3, -0.25) is 0 Å². The van der Waals surface area contributed by atoms with Gasteiger partial charge >= 0.3 is 5.97 Å². The maximum absolute atomic E-state index is 14.9. The van der Waals surface area contributed by atoms with Crippen LogP contribution in [0.2, 0.25) is 18.1 Å². The molecule has 27 heavy (non-hydrogen) atoms.